The van der Waals surface area contributed by atoms with Gasteiger partial charge in [0, 0.05) is 25.8 Å². The van der Waals surface area contributed by atoms with Gasteiger partial charge in [0.2, 0.25) is 5.95 Å². The van der Waals surface area contributed by atoms with E-state index in [1.54, 1.807) is 12.3 Å². The highest BCUT2D eigenvalue weighted by Crippen LogP contribution is 2.28. The van der Waals surface area contributed by atoms with Crippen molar-refractivity contribution in [1.82, 2.24) is 14.9 Å². The molecule has 0 spiro atoms. The van der Waals surface area contributed by atoms with Gasteiger partial charge in [-0.15, -0.1) is 0 Å². The van der Waals surface area contributed by atoms with E-state index < -0.39 is 0 Å². The highest BCUT2D eigenvalue weighted by molar-refractivity contribution is 5.42. The number of rotatable bonds is 2. The molecule has 20 heavy (non-hydrogen) atoms. The Hall–Kier alpha value is -2.14. The van der Waals surface area contributed by atoms with Gasteiger partial charge in [0.1, 0.15) is 5.82 Å². The zero-order chi connectivity index (χ0) is 13.9. The van der Waals surface area contributed by atoms with Crippen LogP contribution in [0.25, 0.3) is 0 Å². The van der Waals surface area contributed by atoms with Crippen molar-refractivity contribution in [2.75, 3.05) is 37.3 Å². The lowest BCUT2D eigenvalue weighted by Crippen LogP contribution is -2.47. The number of aromatic nitrogens is 2. The molecule has 2 N–H and O–H groups in total. The zero-order valence-corrected chi connectivity index (χ0v) is 11.6. The summed E-state index contributed by atoms with van der Waals surface area (Å²) in [5.41, 5.74) is 7.07. The highest BCUT2D eigenvalue weighted by atomic mass is 15.3. The summed E-state index contributed by atoms with van der Waals surface area (Å²) in [5.74, 6) is 1.23. The molecule has 1 aromatic heterocycles. The van der Waals surface area contributed by atoms with Gasteiger partial charge in [-0.25, -0.2) is 4.98 Å². The topological polar surface area (TPSA) is 58.3 Å². The first-order chi connectivity index (χ1) is 9.74. The predicted molar refractivity (Wildman–Crippen MR) is 80.5 cm³/mol. The number of nitrogens with two attached hydrogens (primary N) is 1. The maximum atomic E-state index is 5.79. The second-order valence-electron chi connectivity index (χ2n) is 5.16. The highest BCUT2D eigenvalue weighted by Gasteiger charge is 2.28. The molecule has 1 aromatic carbocycles. The van der Waals surface area contributed by atoms with Crippen LogP contribution in [0.2, 0.25) is 0 Å². The number of piperazine rings is 1. The largest absolute Gasteiger partial charge is 0.384 e. The van der Waals surface area contributed by atoms with Gasteiger partial charge in [-0.3, -0.25) is 0 Å². The van der Waals surface area contributed by atoms with Gasteiger partial charge in [-0.1, -0.05) is 30.3 Å². The molecule has 1 aliphatic heterocycles. The second kappa shape index (κ2) is 5.46. The lowest BCUT2D eigenvalue weighted by molar-refractivity contribution is 0.267. The number of likely N-dealkylation sites (N-methyl/N-ethyl adjacent to an activating group) is 1. The molecule has 0 radical (unpaired) electrons. The van der Waals surface area contributed by atoms with E-state index in [-0.39, 0.29) is 6.04 Å². The van der Waals surface area contributed by atoms with E-state index in [9.17, 15) is 0 Å². The first kappa shape index (κ1) is 12.9. The van der Waals surface area contributed by atoms with Crippen molar-refractivity contribution in [3.05, 3.63) is 48.2 Å². The fourth-order valence-electron chi connectivity index (χ4n) is 2.62. The van der Waals surface area contributed by atoms with Crippen molar-refractivity contribution in [1.29, 1.82) is 0 Å². The third-order valence-electron chi connectivity index (χ3n) is 3.69. The molecule has 5 nitrogen and oxygen atoms in total. The SMILES string of the molecule is CN1CCN(c2nccc(N)n2)C(c2ccccc2)C1. The molecule has 1 saturated heterocycles. The summed E-state index contributed by atoms with van der Waals surface area (Å²) in [5, 5.41) is 0. The van der Waals surface area contributed by atoms with Crippen molar-refractivity contribution in [3.63, 3.8) is 0 Å². The minimum atomic E-state index is 0.261. The summed E-state index contributed by atoms with van der Waals surface area (Å²) in [7, 11) is 2.15. The number of hydrogen-bond donors (Lipinski definition) is 1. The van der Waals surface area contributed by atoms with E-state index in [1.807, 2.05) is 6.07 Å². The van der Waals surface area contributed by atoms with Crippen molar-refractivity contribution >= 4 is 11.8 Å². The Morgan fingerprint density at radius 3 is 2.70 bits per heavy atom. The minimum Gasteiger partial charge on any atom is -0.384 e. The molecule has 0 aliphatic carbocycles. The molecule has 5 heteroatoms. The number of nitrogens with zero attached hydrogens (tertiary/aromatic N) is 4. The molecule has 1 aliphatic rings. The molecule has 0 saturated carbocycles. The Balaban J connectivity index is 1.95. The minimum absolute atomic E-state index is 0.261. The van der Waals surface area contributed by atoms with Crippen LogP contribution in [0.1, 0.15) is 11.6 Å². The van der Waals surface area contributed by atoms with Crippen molar-refractivity contribution in [2.45, 2.75) is 6.04 Å². The molecule has 1 fully saturated rings. The van der Waals surface area contributed by atoms with Crippen LogP contribution >= 0.6 is 0 Å². The summed E-state index contributed by atoms with van der Waals surface area (Å²) in [6.45, 7) is 2.86. The Morgan fingerprint density at radius 2 is 1.95 bits per heavy atom. The number of hydrogen-bond acceptors (Lipinski definition) is 5. The summed E-state index contributed by atoms with van der Waals surface area (Å²) in [6.07, 6.45) is 1.72. The smallest absolute Gasteiger partial charge is 0.227 e. The molecule has 2 aromatic rings. The van der Waals surface area contributed by atoms with E-state index in [2.05, 4.69) is 51.1 Å². The van der Waals surface area contributed by atoms with E-state index in [4.69, 9.17) is 5.73 Å². The molecule has 104 valence electrons. The third-order valence-corrected chi connectivity index (χ3v) is 3.69. The van der Waals surface area contributed by atoms with Crippen molar-refractivity contribution in [2.24, 2.45) is 0 Å². The van der Waals surface area contributed by atoms with Gasteiger partial charge in [0.25, 0.3) is 0 Å². The fraction of sp³-hybridized carbons (Fsp3) is 0.333. The number of benzene rings is 1. The van der Waals surface area contributed by atoms with Gasteiger partial charge < -0.3 is 15.5 Å². The molecule has 1 atom stereocenters. The van der Waals surface area contributed by atoms with Gasteiger partial charge in [-0.2, -0.15) is 4.98 Å². The van der Waals surface area contributed by atoms with Crippen LogP contribution in [0.15, 0.2) is 42.6 Å². The first-order valence-corrected chi connectivity index (χ1v) is 6.83. The summed E-state index contributed by atoms with van der Waals surface area (Å²) in [6, 6.07) is 12.5. The number of anilines is 2. The molecular weight excluding hydrogens is 250 g/mol. The van der Waals surface area contributed by atoms with Gasteiger partial charge in [0.15, 0.2) is 0 Å². The summed E-state index contributed by atoms with van der Waals surface area (Å²) < 4.78 is 0. The van der Waals surface area contributed by atoms with E-state index in [0.29, 0.717) is 11.8 Å². The van der Waals surface area contributed by atoms with Crippen molar-refractivity contribution < 1.29 is 0 Å². The van der Waals surface area contributed by atoms with Crippen LogP contribution in [0.4, 0.5) is 11.8 Å². The van der Waals surface area contributed by atoms with Crippen LogP contribution in [-0.2, 0) is 0 Å². The van der Waals surface area contributed by atoms with Crippen LogP contribution in [-0.4, -0.2) is 41.5 Å². The van der Waals surface area contributed by atoms with Gasteiger partial charge in [-0.05, 0) is 18.7 Å². The van der Waals surface area contributed by atoms with Crippen LogP contribution in [0, 0.1) is 0 Å². The summed E-state index contributed by atoms with van der Waals surface area (Å²) >= 11 is 0. The van der Waals surface area contributed by atoms with E-state index in [1.165, 1.54) is 5.56 Å². The van der Waals surface area contributed by atoms with Crippen molar-refractivity contribution in [3.8, 4) is 0 Å². The average Bonchev–Trinajstić information content (AvgIpc) is 2.48. The third kappa shape index (κ3) is 2.58. The Labute approximate surface area is 119 Å². The zero-order valence-electron chi connectivity index (χ0n) is 11.6. The van der Waals surface area contributed by atoms with Crippen LogP contribution < -0.4 is 10.6 Å². The second-order valence-corrected chi connectivity index (χ2v) is 5.16. The maximum absolute atomic E-state index is 5.79. The fourth-order valence-corrected chi connectivity index (χ4v) is 2.62. The Kier molecular flexibility index (Phi) is 3.52. The molecule has 3 rings (SSSR count). The van der Waals surface area contributed by atoms with E-state index in [0.717, 1.165) is 19.6 Å². The lowest BCUT2D eigenvalue weighted by Gasteiger charge is -2.40. The Bertz CT molecular complexity index is 571. The quantitative estimate of drug-likeness (QED) is 0.896. The normalized spacial score (nSPS) is 20.1. The predicted octanol–water partition coefficient (Wildman–Crippen LogP) is 1.55. The maximum Gasteiger partial charge on any atom is 0.227 e. The molecular formula is C15H19N5. The molecule has 0 bridgehead atoms. The van der Waals surface area contributed by atoms with Crippen LogP contribution in [0.3, 0.4) is 0 Å². The first-order valence-electron chi connectivity index (χ1n) is 6.83. The Morgan fingerprint density at radius 1 is 1.15 bits per heavy atom. The standard InChI is InChI=1S/C15H19N5/c1-19-9-10-20(15-17-8-7-14(16)18-15)13(11-19)12-5-3-2-4-6-12/h2-8,13H,9-11H2,1H3,(H2,16,17,18). The van der Waals surface area contributed by atoms with Gasteiger partial charge in [0.05, 0.1) is 6.04 Å². The lowest BCUT2D eigenvalue weighted by atomic mass is 10.0. The van der Waals surface area contributed by atoms with E-state index >= 15 is 0 Å². The summed E-state index contributed by atoms with van der Waals surface area (Å²) in [4.78, 5) is 13.3. The molecule has 1 unspecified atom stereocenters. The average molecular weight is 269 g/mol. The number of nitrogen functional groups attached to an aromatic ring is 1. The monoisotopic (exact) mass is 269 g/mol. The van der Waals surface area contributed by atoms with Crippen LogP contribution in [0.5, 0.6) is 0 Å². The van der Waals surface area contributed by atoms with Gasteiger partial charge >= 0.3 is 0 Å². The molecule has 0 amide bonds. The molecule has 2 heterocycles.